The molecule has 0 bridgehead atoms. The first-order valence-electron chi connectivity index (χ1n) is 8.38. The van der Waals surface area contributed by atoms with Gasteiger partial charge < -0.3 is 15.0 Å². The zero-order valence-electron chi connectivity index (χ0n) is 12.9. The lowest BCUT2D eigenvalue weighted by Gasteiger charge is -2.43. The topological polar surface area (TPSA) is 41.6 Å². The van der Waals surface area contributed by atoms with Crippen LogP contribution in [0.3, 0.4) is 0 Å². The van der Waals surface area contributed by atoms with Crippen molar-refractivity contribution >= 4 is 5.91 Å². The molecule has 1 saturated carbocycles. The summed E-state index contributed by atoms with van der Waals surface area (Å²) in [5.74, 6) is 0.338. The first kappa shape index (κ1) is 14.3. The highest BCUT2D eigenvalue weighted by atomic mass is 16.5. The number of carbonyl (C=O) groups excluding carboxylic acids is 1. The van der Waals surface area contributed by atoms with Crippen molar-refractivity contribution in [3.63, 3.8) is 0 Å². The largest absolute Gasteiger partial charge is 0.375 e. The minimum atomic E-state index is 0.00516. The van der Waals surface area contributed by atoms with Crippen LogP contribution in [-0.4, -0.2) is 47.7 Å². The Balaban J connectivity index is 1.62. The van der Waals surface area contributed by atoms with Crippen molar-refractivity contribution in [3.05, 3.63) is 0 Å². The summed E-state index contributed by atoms with van der Waals surface area (Å²) in [4.78, 5) is 14.7. The fourth-order valence-electron chi connectivity index (χ4n) is 3.76. The average Bonchev–Trinajstić information content (AvgIpc) is 3.23. The van der Waals surface area contributed by atoms with E-state index in [0.717, 1.165) is 45.3 Å². The molecule has 3 aliphatic rings. The van der Waals surface area contributed by atoms with Gasteiger partial charge >= 0.3 is 0 Å². The molecule has 2 atom stereocenters. The maximum atomic E-state index is 12.6. The summed E-state index contributed by atoms with van der Waals surface area (Å²) in [7, 11) is 0. The summed E-state index contributed by atoms with van der Waals surface area (Å²) in [5, 5.41) is 3.50. The van der Waals surface area contributed by atoms with Crippen molar-refractivity contribution in [1.82, 2.24) is 10.2 Å². The molecule has 0 radical (unpaired) electrons. The molecule has 0 aromatic heterocycles. The van der Waals surface area contributed by atoms with E-state index in [0.29, 0.717) is 18.0 Å². The van der Waals surface area contributed by atoms with Crippen LogP contribution in [0, 0.1) is 0 Å². The summed E-state index contributed by atoms with van der Waals surface area (Å²) in [6, 6.07) is 1.09. The Morgan fingerprint density at radius 1 is 1.25 bits per heavy atom. The molecule has 2 heterocycles. The van der Waals surface area contributed by atoms with Crippen LogP contribution in [0.4, 0.5) is 0 Å². The van der Waals surface area contributed by atoms with E-state index in [2.05, 4.69) is 24.1 Å². The van der Waals surface area contributed by atoms with Gasteiger partial charge in [-0.25, -0.2) is 0 Å². The number of ether oxygens (including phenoxy) is 1. The van der Waals surface area contributed by atoms with Gasteiger partial charge in [0.25, 0.3) is 0 Å². The number of nitrogens with one attached hydrogen (secondary N) is 1. The molecule has 0 aromatic rings. The van der Waals surface area contributed by atoms with Crippen LogP contribution in [0.5, 0.6) is 0 Å². The number of amides is 1. The third-order valence-electron chi connectivity index (χ3n) is 5.45. The van der Waals surface area contributed by atoms with E-state index >= 15 is 0 Å². The molecule has 1 aliphatic carbocycles. The highest BCUT2D eigenvalue weighted by Gasteiger charge is 2.43. The van der Waals surface area contributed by atoms with E-state index < -0.39 is 0 Å². The highest BCUT2D eigenvalue weighted by Crippen LogP contribution is 2.35. The Morgan fingerprint density at radius 2 is 2.00 bits per heavy atom. The molecule has 1 amide bonds. The lowest BCUT2D eigenvalue weighted by Crippen LogP contribution is -2.50. The first-order valence-corrected chi connectivity index (χ1v) is 8.38. The van der Waals surface area contributed by atoms with E-state index in [9.17, 15) is 4.79 Å². The second kappa shape index (κ2) is 5.64. The third-order valence-corrected chi connectivity index (χ3v) is 5.45. The monoisotopic (exact) mass is 280 g/mol. The average molecular weight is 280 g/mol. The van der Waals surface area contributed by atoms with Crippen LogP contribution < -0.4 is 5.32 Å². The second-order valence-corrected chi connectivity index (χ2v) is 6.70. The summed E-state index contributed by atoms with van der Waals surface area (Å²) < 4.78 is 6.04. The maximum Gasteiger partial charge on any atom is 0.240 e. The van der Waals surface area contributed by atoms with Crippen molar-refractivity contribution in [3.8, 4) is 0 Å². The SMILES string of the molecule is CCC1(CC)CC(N2CCC(NC3CC3)C2=O)CCO1. The fourth-order valence-corrected chi connectivity index (χ4v) is 3.76. The molecule has 1 N–H and O–H groups in total. The van der Waals surface area contributed by atoms with Crippen LogP contribution in [0.1, 0.15) is 58.8 Å². The Morgan fingerprint density at radius 3 is 2.65 bits per heavy atom. The molecule has 4 heteroatoms. The van der Waals surface area contributed by atoms with Crippen LogP contribution in [0.15, 0.2) is 0 Å². The summed E-state index contributed by atoms with van der Waals surface area (Å²) in [5.41, 5.74) is 0.00516. The first-order chi connectivity index (χ1) is 9.67. The molecule has 3 rings (SSSR count). The number of carbonyl (C=O) groups is 1. The van der Waals surface area contributed by atoms with E-state index in [1.54, 1.807) is 0 Å². The molecule has 3 fully saturated rings. The Kier molecular flexibility index (Phi) is 4.04. The van der Waals surface area contributed by atoms with Gasteiger partial charge in [-0.05, 0) is 44.9 Å². The van der Waals surface area contributed by atoms with Gasteiger partial charge in [0, 0.05) is 25.2 Å². The van der Waals surface area contributed by atoms with E-state index in [1.165, 1.54) is 12.8 Å². The lowest BCUT2D eigenvalue weighted by atomic mass is 9.85. The minimum absolute atomic E-state index is 0.00516. The summed E-state index contributed by atoms with van der Waals surface area (Å²) >= 11 is 0. The van der Waals surface area contributed by atoms with Crippen molar-refractivity contribution < 1.29 is 9.53 Å². The van der Waals surface area contributed by atoms with Gasteiger partial charge in [-0.1, -0.05) is 13.8 Å². The fraction of sp³-hybridized carbons (Fsp3) is 0.938. The van der Waals surface area contributed by atoms with Crippen LogP contribution in [0.25, 0.3) is 0 Å². The zero-order chi connectivity index (χ0) is 14.2. The predicted molar refractivity (Wildman–Crippen MR) is 78.6 cm³/mol. The summed E-state index contributed by atoms with van der Waals surface area (Å²) in [6.45, 7) is 6.14. The Labute approximate surface area is 122 Å². The minimum Gasteiger partial charge on any atom is -0.375 e. The van der Waals surface area contributed by atoms with Crippen molar-refractivity contribution in [2.45, 2.75) is 82.5 Å². The van der Waals surface area contributed by atoms with E-state index in [4.69, 9.17) is 4.74 Å². The lowest BCUT2D eigenvalue weighted by molar-refractivity contribution is -0.141. The highest BCUT2D eigenvalue weighted by molar-refractivity contribution is 5.84. The molecule has 2 aliphatic heterocycles. The predicted octanol–water partition coefficient (Wildman–Crippen LogP) is 2.08. The number of nitrogens with zero attached hydrogens (tertiary/aromatic N) is 1. The van der Waals surface area contributed by atoms with Gasteiger partial charge in [-0.15, -0.1) is 0 Å². The van der Waals surface area contributed by atoms with Crippen LogP contribution >= 0.6 is 0 Å². The molecular weight excluding hydrogens is 252 g/mol. The third kappa shape index (κ3) is 2.73. The normalized spacial score (nSPS) is 33.7. The number of likely N-dealkylation sites (tertiary alicyclic amines) is 1. The van der Waals surface area contributed by atoms with Gasteiger partial charge in [0.15, 0.2) is 0 Å². The molecule has 4 nitrogen and oxygen atoms in total. The number of hydrogen-bond donors (Lipinski definition) is 1. The van der Waals surface area contributed by atoms with E-state index in [-0.39, 0.29) is 11.6 Å². The molecular formula is C16H28N2O2. The molecule has 0 spiro atoms. The van der Waals surface area contributed by atoms with Crippen molar-refractivity contribution in [2.75, 3.05) is 13.2 Å². The molecule has 20 heavy (non-hydrogen) atoms. The number of hydrogen-bond acceptors (Lipinski definition) is 3. The maximum absolute atomic E-state index is 12.6. The van der Waals surface area contributed by atoms with Gasteiger partial charge in [-0.2, -0.15) is 0 Å². The quantitative estimate of drug-likeness (QED) is 0.838. The van der Waals surface area contributed by atoms with Crippen LogP contribution in [0.2, 0.25) is 0 Å². The number of rotatable bonds is 5. The molecule has 2 unspecified atom stereocenters. The Bertz CT molecular complexity index is 363. The Hall–Kier alpha value is -0.610. The van der Waals surface area contributed by atoms with Gasteiger partial charge in [0.05, 0.1) is 11.6 Å². The zero-order valence-corrected chi connectivity index (χ0v) is 12.9. The smallest absolute Gasteiger partial charge is 0.240 e. The van der Waals surface area contributed by atoms with Crippen molar-refractivity contribution in [1.29, 1.82) is 0 Å². The summed E-state index contributed by atoms with van der Waals surface area (Å²) in [6.07, 6.45) is 7.59. The van der Waals surface area contributed by atoms with Crippen molar-refractivity contribution in [2.24, 2.45) is 0 Å². The molecule has 0 aromatic carbocycles. The second-order valence-electron chi connectivity index (χ2n) is 6.70. The standard InChI is InChI=1S/C16H28N2O2/c1-3-16(4-2)11-13(8-10-20-16)18-9-7-14(15(18)19)17-12-5-6-12/h12-14,17H,3-11H2,1-2H3. The van der Waals surface area contributed by atoms with Crippen LogP contribution in [-0.2, 0) is 9.53 Å². The van der Waals surface area contributed by atoms with Gasteiger partial charge in [-0.3, -0.25) is 4.79 Å². The van der Waals surface area contributed by atoms with Gasteiger partial charge in [0.2, 0.25) is 5.91 Å². The molecule has 2 saturated heterocycles. The van der Waals surface area contributed by atoms with Gasteiger partial charge in [0.1, 0.15) is 0 Å². The molecule has 114 valence electrons. The van der Waals surface area contributed by atoms with E-state index in [1.807, 2.05) is 0 Å².